The van der Waals surface area contributed by atoms with E-state index in [-0.39, 0.29) is 5.75 Å². The van der Waals surface area contributed by atoms with E-state index in [1.165, 1.54) is 6.26 Å². The summed E-state index contributed by atoms with van der Waals surface area (Å²) in [6.45, 7) is 5.66. The van der Waals surface area contributed by atoms with E-state index in [0.717, 1.165) is 23.1 Å². The third kappa shape index (κ3) is 5.02. The zero-order valence-electron chi connectivity index (χ0n) is 13.4. The number of benzene rings is 1. The number of rotatable bonds is 8. The first-order valence-electron chi connectivity index (χ1n) is 7.61. The smallest absolute Gasteiger partial charge is 0.147 e. The molecule has 0 aliphatic heterocycles. The summed E-state index contributed by atoms with van der Waals surface area (Å²) in [5, 5.41) is 5.35. The van der Waals surface area contributed by atoms with E-state index in [9.17, 15) is 8.42 Å². The predicted octanol–water partition coefficient (Wildman–Crippen LogP) is 2.90. The summed E-state index contributed by atoms with van der Waals surface area (Å²) in [5.41, 5.74) is 1.00. The molecule has 2 aromatic rings. The minimum absolute atomic E-state index is 0.185. The van der Waals surface area contributed by atoms with Crippen molar-refractivity contribution in [1.82, 2.24) is 9.78 Å². The molecule has 0 aliphatic carbocycles. The number of aryl methyl sites for hydroxylation is 1. The van der Waals surface area contributed by atoms with Crippen LogP contribution in [0, 0.1) is 5.92 Å². The van der Waals surface area contributed by atoms with Crippen LogP contribution in [0.4, 0.5) is 0 Å². The van der Waals surface area contributed by atoms with Gasteiger partial charge in [-0.3, -0.25) is 4.68 Å². The molecule has 122 valence electrons. The van der Waals surface area contributed by atoms with Crippen LogP contribution in [0.1, 0.15) is 26.7 Å². The van der Waals surface area contributed by atoms with Crippen molar-refractivity contribution in [3.8, 4) is 5.75 Å². The monoisotopic (exact) mass is 324 g/mol. The third-order valence-electron chi connectivity index (χ3n) is 3.46. The van der Waals surface area contributed by atoms with Crippen LogP contribution < -0.4 is 4.74 Å². The molecule has 0 aliphatic rings. The van der Waals surface area contributed by atoms with Crippen molar-refractivity contribution in [1.29, 1.82) is 0 Å². The van der Waals surface area contributed by atoms with Gasteiger partial charge in [0.2, 0.25) is 0 Å². The normalized spacial score (nSPS) is 12.2. The molecular weight excluding hydrogens is 300 g/mol. The minimum Gasteiger partial charge on any atom is -0.494 e. The van der Waals surface area contributed by atoms with E-state index in [1.54, 1.807) is 6.20 Å². The van der Waals surface area contributed by atoms with Crippen molar-refractivity contribution in [2.45, 2.75) is 33.2 Å². The van der Waals surface area contributed by atoms with Gasteiger partial charge >= 0.3 is 0 Å². The van der Waals surface area contributed by atoms with E-state index in [1.807, 2.05) is 22.9 Å². The lowest BCUT2D eigenvalue weighted by Crippen LogP contribution is -2.08. The van der Waals surface area contributed by atoms with Crippen molar-refractivity contribution in [2.75, 3.05) is 18.6 Å². The van der Waals surface area contributed by atoms with Gasteiger partial charge in [0.05, 0.1) is 24.1 Å². The van der Waals surface area contributed by atoms with Crippen LogP contribution in [0.25, 0.3) is 10.9 Å². The van der Waals surface area contributed by atoms with Crippen LogP contribution in [0.3, 0.4) is 0 Å². The van der Waals surface area contributed by atoms with Crippen LogP contribution in [0.5, 0.6) is 5.75 Å². The number of fused-ring (bicyclic) bond motifs is 1. The number of sulfone groups is 1. The topological polar surface area (TPSA) is 61.2 Å². The standard InChI is InChI=1S/C16H24N2O3S/c1-13(2)7-9-21-15-5-6-16-14(11-15)12-17-18(16)8-4-10-22(3,19)20/h5-6,11-13H,4,7-10H2,1-3H3. The second-order valence-electron chi connectivity index (χ2n) is 6.10. The number of hydrogen-bond acceptors (Lipinski definition) is 4. The third-order valence-corrected chi connectivity index (χ3v) is 4.49. The van der Waals surface area contributed by atoms with Gasteiger partial charge in [0.25, 0.3) is 0 Å². The highest BCUT2D eigenvalue weighted by Gasteiger charge is 2.07. The first kappa shape index (κ1) is 16.8. The van der Waals surface area contributed by atoms with E-state index < -0.39 is 9.84 Å². The lowest BCUT2D eigenvalue weighted by molar-refractivity contribution is 0.290. The zero-order chi connectivity index (χ0) is 16.2. The highest BCUT2D eigenvalue weighted by atomic mass is 32.2. The highest BCUT2D eigenvalue weighted by Crippen LogP contribution is 2.21. The predicted molar refractivity (Wildman–Crippen MR) is 89.0 cm³/mol. The van der Waals surface area contributed by atoms with Gasteiger partial charge in [-0.2, -0.15) is 5.10 Å². The van der Waals surface area contributed by atoms with Gasteiger partial charge < -0.3 is 4.74 Å². The Bertz CT molecular complexity index is 720. The first-order valence-corrected chi connectivity index (χ1v) is 9.67. The van der Waals surface area contributed by atoms with Crippen molar-refractivity contribution >= 4 is 20.7 Å². The van der Waals surface area contributed by atoms with Crippen LogP contribution in [-0.2, 0) is 16.4 Å². The lowest BCUT2D eigenvalue weighted by Gasteiger charge is -2.08. The zero-order valence-corrected chi connectivity index (χ0v) is 14.3. The molecule has 0 atom stereocenters. The van der Waals surface area contributed by atoms with Crippen LogP contribution in [0.2, 0.25) is 0 Å². The summed E-state index contributed by atoms with van der Waals surface area (Å²) in [5.74, 6) is 1.66. The molecule has 2 rings (SSSR count). The highest BCUT2D eigenvalue weighted by molar-refractivity contribution is 7.90. The van der Waals surface area contributed by atoms with Gasteiger partial charge in [0.15, 0.2) is 0 Å². The molecule has 5 nitrogen and oxygen atoms in total. The summed E-state index contributed by atoms with van der Waals surface area (Å²) in [7, 11) is -2.92. The molecule has 0 spiro atoms. The summed E-state index contributed by atoms with van der Waals surface area (Å²) in [6, 6.07) is 5.90. The first-order chi connectivity index (χ1) is 10.3. The Morgan fingerprint density at radius 2 is 2.09 bits per heavy atom. The SMILES string of the molecule is CC(C)CCOc1ccc2c(cnn2CCCS(C)(=O)=O)c1. The average Bonchev–Trinajstić information content (AvgIpc) is 2.80. The Morgan fingerprint density at radius 1 is 1.32 bits per heavy atom. The Labute approximate surface area is 132 Å². The summed E-state index contributed by atoms with van der Waals surface area (Å²) < 4.78 is 29.9. The largest absolute Gasteiger partial charge is 0.494 e. The maximum absolute atomic E-state index is 11.2. The fraction of sp³-hybridized carbons (Fsp3) is 0.562. The maximum Gasteiger partial charge on any atom is 0.147 e. The molecule has 6 heteroatoms. The fourth-order valence-corrected chi connectivity index (χ4v) is 2.88. The van der Waals surface area contributed by atoms with Crippen molar-refractivity contribution in [2.24, 2.45) is 5.92 Å². The average molecular weight is 324 g/mol. The second kappa shape index (κ2) is 7.13. The number of hydrogen-bond donors (Lipinski definition) is 0. The number of nitrogens with zero attached hydrogens (tertiary/aromatic N) is 2. The molecule has 1 aromatic heterocycles. The molecule has 22 heavy (non-hydrogen) atoms. The Kier molecular flexibility index (Phi) is 5.45. The molecule has 0 saturated carbocycles. The summed E-state index contributed by atoms with van der Waals surface area (Å²) in [6.07, 6.45) is 4.66. The molecule has 0 saturated heterocycles. The van der Waals surface area contributed by atoms with Gasteiger partial charge in [-0.15, -0.1) is 0 Å². The molecule has 1 heterocycles. The molecule has 0 radical (unpaired) electrons. The minimum atomic E-state index is -2.92. The summed E-state index contributed by atoms with van der Waals surface area (Å²) >= 11 is 0. The van der Waals surface area contributed by atoms with Crippen molar-refractivity contribution in [3.63, 3.8) is 0 Å². The van der Waals surface area contributed by atoms with Gasteiger partial charge in [-0.05, 0) is 37.0 Å². The van der Waals surface area contributed by atoms with Gasteiger partial charge in [-0.25, -0.2) is 8.42 Å². The number of aromatic nitrogens is 2. The van der Waals surface area contributed by atoms with Crippen LogP contribution in [-0.4, -0.2) is 36.8 Å². The van der Waals surface area contributed by atoms with Crippen molar-refractivity contribution < 1.29 is 13.2 Å². The second-order valence-corrected chi connectivity index (χ2v) is 8.36. The fourth-order valence-electron chi connectivity index (χ4n) is 2.22. The molecule has 0 bridgehead atoms. The van der Waals surface area contributed by atoms with Crippen LogP contribution in [0.15, 0.2) is 24.4 Å². The molecule has 0 amide bonds. The molecule has 0 fully saturated rings. The van der Waals surface area contributed by atoms with E-state index >= 15 is 0 Å². The Morgan fingerprint density at radius 3 is 2.77 bits per heavy atom. The van der Waals surface area contributed by atoms with E-state index in [4.69, 9.17) is 4.74 Å². The molecule has 1 aromatic carbocycles. The van der Waals surface area contributed by atoms with Gasteiger partial charge in [-0.1, -0.05) is 13.8 Å². The quantitative estimate of drug-likeness (QED) is 0.749. The Hall–Kier alpha value is -1.56. The molecule has 0 unspecified atom stereocenters. The van der Waals surface area contributed by atoms with Crippen molar-refractivity contribution in [3.05, 3.63) is 24.4 Å². The number of ether oxygens (including phenoxy) is 1. The van der Waals surface area contributed by atoms with E-state index in [2.05, 4.69) is 18.9 Å². The molecule has 0 N–H and O–H groups in total. The van der Waals surface area contributed by atoms with Crippen LogP contribution >= 0.6 is 0 Å². The lowest BCUT2D eigenvalue weighted by atomic mass is 10.1. The van der Waals surface area contributed by atoms with Gasteiger partial charge in [0.1, 0.15) is 15.6 Å². The van der Waals surface area contributed by atoms with Gasteiger partial charge in [0, 0.05) is 18.2 Å². The summed E-state index contributed by atoms with van der Waals surface area (Å²) in [4.78, 5) is 0. The Balaban J connectivity index is 2.00. The van der Waals surface area contributed by atoms with E-state index in [0.29, 0.717) is 25.5 Å². The molecular formula is C16H24N2O3S. The maximum atomic E-state index is 11.2.